The van der Waals surface area contributed by atoms with Crippen LogP contribution in [0.4, 0.5) is 0 Å². The highest BCUT2D eigenvalue weighted by Gasteiger charge is 2.33. The van der Waals surface area contributed by atoms with Crippen LogP contribution in [0.3, 0.4) is 0 Å². The fourth-order valence-corrected chi connectivity index (χ4v) is 0.668. The second kappa shape index (κ2) is 9.08. The fraction of sp³-hybridized carbons (Fsp3) is 0.875. The van der Waals surface area contributed by atoms with E-state index in [1.54, 1.807) is 0 Å². The minimum Gasteiger partial charge on any atom is -0.479 e. The number of aliphatic hydroxyl groups excluding tert-OH is 5. The number of rotatable bonds is 6. The van der Waals surface area contributed by atoms with E-state index in [4.69, 9.17) is 46.0 Å². The van der Waals surface area contributed by atoms with Crippen molar-refractivity contribution in [2.75, 3.05) is 13.2 Å². The van der Waals surface area contributed by atoms with E-state index in [0.29, 0.717) is 0 Å². The number of aliphatic hydroxyl groups is 8. The van der Waals surface area contributed by atoms with Gasteiger partial charge in [-0.25, -0.2) is 4.79 Å². The van der Waals surface area contributed by atoms with E-state index in [0.717, 1.165) is 0 Å². The van der Waals surface area contributed by atoms with Crippen LogP contribution in [0.15, 0.2) is 0 Å². The molecule has 11 nitrogen and oxygen atoms in total. The summed E-state index contributed by atoms with van der Waals surface area (Å²) in [5.74, 6) is -4.41. The smallest absolute Gasteiger partial charge is 0.335 e. The maximum Gasteiger partial charge on any atom is 0.335 e. The van der Waals surface area contributed by atoms with Crippen molar-refractivity contribution in [2.24, 2.45) is 5.73 Å². The van der Waals surface area contributed by atoms with Crippen LogP contribution in [0.2, 0.25) is 0 Å². The molecule has 0 fully saturated rings. The molecule has 0 aliphatic heterocycles. The van der Waals surface area contributed by atoms with E-state index in [1.807, 2.05) is 0 Å². The maximum atomic E-state index is 10.1. The van der Waals surface area contributed by atoms with Gasteiger partial charge in [-0.05, 0) is 0 Å². The van der Waals surface area contributed by atoms with Gasteiger partial charge in [-0.3, -0.25) is 0 Å². The molecule has 4 atom stereocenters. The molecule has 0 unspecified atom stereocenters. The lowest BCUT2D eigenvalue weighted by atomic mass is 10.0. The Morgan fingerprint density at radius 2 is 1.42 bits per heavy atom. The minimum absolute atomic E-state index is 0.562. The van der Waals surface area contributed by atoms with Crippen molar-refractivity contribution in [2.45, 2.75) is 30.4 Å². The molecule has 0 rings (SSSR count). The molecule has 116 valence electrons. The Morgan fingerprint density at radius 1 is 1.05 bits per heavy atom. The van der Waals surface area contributed by atoms with E-state index < -0.39 is 49.5 Å². The second-order valence-corrected chi connectivity index (χ2v) is 3.49. The summed E-state index contributed by atoms with van der Waals surface area (Å²) < 4.78 is 0. The van der Waals surface area contributed by atoms with Crippen LogP contribution in [0.25, 0.3) is 0 Å². The molecule has 0 aromatic heterocycles. The van der Waals surface area contributed by atoms with Crippen molar-refractivity contribution in [1.29, 1.82) is 0 Å². The predicted octanol–water partition coefficient (Wildman–Crippen LogP) is -5.92. The standard InChI is InChI=1S/C6H12O7.C2H7NO3/c7-1-2(8)3(9)4(10)5(11)6(12)13;3-1-2(4,5)6/h2-5,7-11H,1H2,(H,12,13);4-6H,1,3H2/t2-,3-,4+,5-;/m1./s1. The van der Waals surface area contributed by atoms with Crippen LogP contribution in [-0.4, -0.2) is 95.5 Å². The summed E-state index contributed by atoms with van der Waals surface area (Å²) in [5.41, 5.74) is 4.56. The van der Waals surface area contributed by atoms with E-state index in [2.05, 4.69) is 5.73 Å². The Kier molecular flexibility index (Phi) is 9.77. The molecule has 11 heteroatoms. The molecule has 11 N–H and O–H groups in total. The number of aliphatic carboxylic acids is 1. The van der Waals surface area contributed by atoms with Gasteiger partial charge >= 0.3 is 5.97 Å². The monoisotopic (exact) mass is 289 g/mol. The highest BCUT2D eigenvalue weighted by Crippen LogP contribution is 2.04. The van der Waals surface area contributed by atoms with Gasteiger partial charge in [0.2, 0.25) is 0 Å². The van der Waals surface area contributed by atoms with Gasteiger partial charge < -0.3 is 51.7 Å². The van der Waals surface area contributed by atoms with Gasteiger partial charge in [-0.1, -0.05) is 0 Å². The summed E-state index contributed by atoms with van der Waals surface area (Å²) in [7, 11) is 0. The molecule has 0 amide bonds. The third-order valence-electron chi connectivity index (χ3n) is 1.78. The van der Waals surface area contributed by atoms with Crippen LogP contribution >= 0.6 is 0 Å². The molecule has 0 radical (unpaired) electrons. The van der Waals surface area contributed by atoms with Crippen molar-refractivity contribution in [3.8, 4) is 0 Å². The zero-order valence-electron chi connectivity index (χ0n) is 9.73. The first kappa shape index (κ1) is 20.4. The summed E-state index contributed by atoms with van der Waals surface area (Å²) in [4.78, 5) is 10.1. The SMILES string of the molecule is NCC(O)(O)O.O=C(O)[C@H](O)[C@@H](O)[C@H](O)[C@H](O)CO. The van der Waals surface area contributed by atoms with E-state index in [1.165, 1.54) is 0 Å². The molecule has 0 aliphatic rings. The number of nitrogens with two attached hydrogens (primary N) is 1. The van der Waals surface area contributed by atoms with E-state index >= 15 is 0 Å². The number of carbonyl (C=O) groups is 1. The average molecular weight is 289 g/mol. The van der Waals surface area contributed by atoms with Crippen LogP contribution in [0, 0.1) is 0 Å². The van der Waals surface area contributed by atoms with Gasteiger partial charge in [0.15, 0.2) is 6.10 Å². The zero-order chi connectivity index (χ0) is 15.8. The molecule has 0 saturated heterocycles. The molecule has 0 aromatic rings. The summed E-state index contributed by atoms with van der Waals surface area (Å²) >= 11 is 0. The zero-order valence-corrected chi connectivity index (χ0v) is 9.73. The Bertz CT molecular complexity index is 254. The third-order valence-corrected chi connectivity index (χ3v) is 1.78. The molecule has 0 aliphatic carbocycles. The molecular formula is C8H19NO10. The Balaban J connectivity index is 0. The lowest BCUT2D eigenvalue weighted by molar-refractivity contribution is -0.302. The number of hydrogen-bond donors (Lipinski definition) is 10. The molecular weight excluding hydrogens is 270 g/mol. The first-order valence-corrected chi connectivity index (χ1v) is 4.91. The minimum atomic E-state index is -2.68. The van der Waals surface area contributed by atoms with Crippen LogP contribution in [0.5, 0.6) is 0 Å². The Morgan fingerprint density at radius 3 is 1.63 bits per heavy atom. The van der Waals surface area contributed by atoms with E-state index in [9.17, 15) is 4.79 Å². The van der Waals surface area contributed by atoms with Gasteiger partial charge in [0, 0.05) is 0 Å². The van der Waals surface area contributed by atoms with Gasteiger partial charge in [0.1, 0.15) is 18.3 Å². The van der Waals surface area contributed by atoms with E-state index in [-0.39, 0.29) is 0 Å². The van der Waals surface area contributed by atoms with Crippen LogP contribution < -0.4 is 5.73 Å². The highest BCUT2D eigenvalue weighted by molar-refractivity contribution is 5.72. The Labute approximate surface area is 107 Å². The summed E-state index contributed by atoms with van der Waals surface area (Å²) in [5, 5.41) is 75.3. The summed E-state index contributed by atoms with van der Waals surface area (Å²) in [6.45, 7) is -1.41. The maximum absolute atomic E-state index is 10.1. The number of carboxylic acid groups (broad SMARTS) is 1. The van der Waals surface area contributed by atoms with Crippen LogP contribution in [0.1, 0.15) is 0 Å². The lowest BCUT2D eigenvalue weighted by Crippen LogP contribution is -2.48. The van der Waals surface area contributed by atoms with Crippen LogP contribution in [-0.2, 0) is 4.79 Å². The second-order valence-electron chi connectivity index (χ2n) is 3.49. The molecule has 19 heavy (non-hydrogen) atoms. The van der Waals surface area contributed by atoms with Crippen molar-refractivity contribution in [3.63, 3.8) is 0 Å². The molecule has 0 bridgehead atoms. The molecule has 0 saturated carbocycles. The lowest BCUT2D eigenvalue weighted by Gasteiger charge is -2.23. The summed E-state index contributed by atoms with van der Waals surface area (Å²) in [6.07, 6.45) is -7.84. The Hall–Kier alpha value is -0.890. The quantitative estimate of drug-likeness (QED) is 0.207. The van der Waals surface area contributed by atoms with Crippen molar-refractivity contribution in [1.82, 2.24) is 0 Å². The molecule has 0 heterocycles. The number of hydrogen-bond acceptors (Lipinski definition) is 10. The van der Waals surface area contributed by atoms with Crippen molar-refractivity contribution >= 4 is 5.97 Å². The van der Waals surface area contributed by atoms with Gasteiger partial charge in [0.25, 0.3) is 5.97 Å². The first-order valence-electron chi connectivity index (χ1n) is 4.91. The number of carboxylic acids is 1. The first-order chi connectivity index (χ1) is 8.47. The molecule has 0 aromatic carbocycles. The predicted molar refractivity (Wildman–Crippen MR) is 57.2 cm³/mol. The third kappa shape index (κ3) is 9.66. The van der Waals surface area contributed by atoms with Gasteiger partial charge in [-0.15, -0.1) is 0 Å². The largest absolute Gasteiger partial charge is 0.479 e. The van der Waals surface area contributed by atoms with Gasteiger partial charge in [0.05, 0.1) is 13.2 Å². The highest BCUT2D eigenvalue weighted by atomic mass is 16.7. The normalized spacial score (nSPS) is 17.7. The van der Waals surface area contributed by atoms with Gasteiger partial charge in [-0.2, -0.15) is 0 Å². The summed E-state index contributed by atoms with van der Waals surface area (Å²) in [6, 6.07) is 0. The van der Waals surface area contributed by atoms with Crippen molar-refractivity contribution in [3.05, 3.63) is 0 Å². The average Bonchev–Trinajstić information content (AvgIpc) is 2.34. The van der Waals surface area contributed by atoms with Crippen molar-refractivity contribution < 1.29 is 50.8 Å². The fourth-order valence-electron chi connectivity index (χ4n) is 0.668. The topological polar surface area (TPSA) is 225 Å². The molecule has 0 spiro atoms.